The van der Waals surface area contributed by atoms with Gasteiger partial charge in [-0.15, -0.1) is 0 Å². The first kappa shape index (κ1) is 12.4. The number of aromatic nitrogens is 1. The molecule has 1 fully saturated rings. The number of nitrogens with zero attached hydrogens (tertiary/aromatic N) is 2. The van der Waals surface area contributed by atoms with E-state index in [0.717, 1.165) is 37.7 Å². The van der Waals surface area contributed by atoms with Crippen molar-refractivity contribution >= 4 is 16.5 Å². The summed E-state index contributed by atoms with van der Waals surface area (Å²) in [5.74, 6) is 0. The minimum Gasteiger partial charge on any atom is -0.377 e. The first-order chi connectivity index (χ1) is 8.58. The molecule has 1 aliphatic heterocycles. The molecule has 0 spiro atoms. The Kier molecular flexibility index (Phi) is 3.08. The highest BCUT2D eigenvalue weighted by Gasteiger charge is 2.34. The molecule has 2 aliphatic rings. The molecule has 1 atom stereocenters. The van der Waals surface area contributed by atoms with Crippen molar-refractivity contribution in [1.82, 2.24) is 4.98 Å². The van der Waals surface area contributed by atoms with Crippen LogP contribution in [0, 0.1) is 0 Å². The first-order valence-corrected chi connectivity index (χ1v) is 7.50. The predicted molar refractivity (Wildman–Crippen MR) is 74.2 cm³/mol. The highest BCUT2D eigenvalue weighted by Crippen LogP contribution is 2.38. The third kappa shape index (κ3) is 2.04. The number of rotatable bonds is 1. The Bertz CT molecular complexity index is 443. The Morgan fingerprint density at radius 3 is 3.06 bits per heavy atom. The summed E-state index contributed by atoms with van der Waals surface area (Å²) < 4.78 is 5.57. The highest BCUT2D eigenvalue weighted by molar-refractivity contribution is 7.15. The molecule has 0 aromatic carbocycles. The van der Waals surface area contributed by atoms with Gasteiger partial charge in [-0.3, -0.25) is 0 Å². The maximum absolute atomic E-state index is 6.18. The Hall–Kier alpha value is -0.650. The minimum atomic E-state index is 0.0305. The lowest BCUT2D eigenvalue weighted by atomic mass is 9.99. The third-order valence-corrected chi connectivity index (χ3v) is 5.11. The van der Waals surface area contributed by atoms with Crippen LogP contribution < -0.4 is 10.6 Å². The zero-order valence-corrected chi connectivity index (χ0v) is 11.9. The molecule has 1 saturated heterocycles. The third-order valence-electron chi connectivity index (χ3n) is 3.86. The number of nitrogens with two attached hydrogens (primary N) is 1. The Labute approximate surface area is 112 Å². The fourth-order valence-electron chi connectivity index (χ4n) is 2.77. The molecule has 0 radical (unpaired) electrons. The molecule has 4 nitrogen and oxygen atoms in total. The van der Waals surface area contributed by atoms with Gasteiger partial charge in [-0.25, -0.2) is 4.98 Å². The summed E-state index contributed by atoms with van der Waals surface area (Å²) >= 11 is 1.79. The van der Waals surface area contributed by atoms with Crippen molar-refractivity contribution < 1.29 is 4.74 Å². The van der Waals surface area contributed by atoms with Gasteiger partial charge in [0.05, 0.1) is 24.4 Å². The fourth-order valence-corrected chi connectivity index (χ4v) is 4.10. The van der Waals surface area contributed by atoms with Crippen LogP contribution in [0.15, 0.2) is 0 Å². The lowest BCUT2D eigenvalue weighted by molar-refractivity contribution is 0.0643. The maximum atomic E-state index is 6.18. The molecule has 0 saturated carbocycles. The van der Waals surface area contributed by atoms with Crippen LogP contribution in [-0.2, 0) is 11.2 Å². The molecule has 2 N–H and O–H groups in total. The van der Waals surface area contributed by atoms with Crippen LogP contribution in [0.2, 0.25) is 0 Å². The van der Waals surface area contributed by atoms with Crippen LogP contribution in [0.25, 0.3) is 0 Å². The van der Waals surface area contributed by atoms with Crippen LogP contribution in [0.5, 0.6) is 0 Å². The number of anilines is 1. The van der Waals surface area contributed by atoms with E-state index < -0.39 is 0 Å². The number of aryl methyl sites for hydroxylation is 1. The average molecular weight is 267 g/mol. The number of ether oxygens (including phenoxy) is 1. The van der Waals surface area contributed by atoms with Crippen molar-refractivity contribution in [3.8, 4) is 0 Å². The van der Waals surface area contributed by atoms with Crippen LogP contribution in [0.4, 0.5) is 5.13 Å². The molecule has 5 heteroatoms. The van der Waals surface area contributed by atoms with Gasteiger partial charge in [-0.2, -0.15) is 0 Å². The zero-order valence-electron chi connectivity index (χ0n) is 11.1. The van der Waals surface area contributed by atoms with E-state index in [2.05, 4.69) is 18.7 Å². The molecule has 18 heavy (non-hydrogen) atoms. The van der Waals surface area contributed by atoms with Gasteiger partial charge >= 0.3 is 0 Å². The van der Waals surface area contributed by atoms with Crippen molar-refractivity contribution in [3.63, 3.8) is 0 Å². The second-order valence-electron chi connectivity index (χ2n) is 5.82. The van der Waals surface area contributed by atoms with E-state index in [-0.39, 0.29) is 11.6 Å². The van der Waals surface area contributed by atoms with Gasteiger partial charge in [0.2, 0.25) is 0 Å². The van der Waals surface area contributed by atoms with Crippen molar-refractivity contribution in [3.05, 3.63) is 10.6 Å². The lowest BCUT2D eigenvalue weighted by Gasteiger charge is -2.42. The van der Waals surface area contributed by atoms with E-state index in [1.807, 2.05) is 0 Å². The summed E-state index contributed by atoms with van der Waals surface area (Å²) in [5.41, 5.74) is 7.45. The molecule has 0 bridgehead atoms. The van der Waals surface area contributed by atoms with Crippen molar-refractivity contribution in [1.29, 1.82) is 0 Å². The van der Waals surface area contributed by atoms with Gasteiger partial charge in [0.1, 0.15) is 0 Å². The standard InChI is InChI=1S/C13H21N3OS/c1-13(2)8-17-7-6-16(13)12-15-10-5-3-4-9(14)11(10)18-12/h9H,3-8,14H2,1-2H3. The molecule has 1 aromatic rings. The number of hydrogen-bond acceptors (Lipinski definition) is 5. The Morgan fingerprint density at radius 1 is 1.50 bits per heavy atom. The average Bonchev–Trinajstić information content (AvgIpc) is 2.73. The van der Waals surface area contributed by atoms with Gasteiger partial charge in [0, 0.05) is 17.5 Å². The molecule has 2 heterocycles. The number of fused-ring (bicyclic) bond motifs is 1. The van der Waals surface area contributed by atoms with Crippen LogP contribution >= 0.6 is 11.3 Å². The maximum Gasteiger partial charge on any atom is 0.186 e. The molecular formula is C13H21N3OS. The largest absolute Gasteiger partial charge is 0.377 e. The molecule has 100 valence electrons. The summed E-state index contributed by atoms with van der Waals surface area (Å²) in [4.78, 5) is 8.51. The topological polar surface area (TPSA) is 51.4 Å². The molecule has 1 unspecified atom stereocenters. The highest BCUT2D eigenvalue weighted by atomic mass is 32.1. The van der Waals surface area contributed by atoms with Crippen LogP contribution in [0.3, 0.4) is 0 Å². The van der Waals surface area contributed by atoms with Gasteiger partial charge < -0.3 is 15.4 Å². The quantitative estimate of drug-likeness (QED) is 0.846. The van der Waals surface area contributed by atoms with E-state index in [0.29, 0.717) is 0 Å². The first-order valence-electron chi connectivity index (χ1n) is 6.68. The molecular weight excluding hydrogens is 246 g/mol. The van der Waals surface area contributed by atoms with Crippen molar-refractivity contribution in [2.24, 2.45) is 5.73 Å². The lowest BCUT2D eigenvalue weighted by Crippen LogP contribution is -2.53. The van der Waals surface area contributed by atoms with E-state index in [1.54, 1.807) is 11.3 Å². The fraction of sp³-hybridized carbons (Fsp3) is 0.769. The van der Waals surface area contributed by atoms with Gasteiger partial charge in [-0.05, 0) is 33.1 Å². The Balaban J connectivity index is 1.92. The minimum absolute atomic E-state index is 0.0305. The van der Waals surface area contributed by atoms with E-state index in [9.17, 15) is 0 Å². The SMILES string of the molecule is CC1(C)COCCN1c1nc2c(s1)C(N)CCC2. The van der Waals surface area contributed by atoms with E-state index in [4.69, 9.17) is 15.5 Å². The number of hydrogen-bond donors (Lipinski definition) is 1. The molecule has 0 amide bonds. The summed E-state index contributed by atoms with van der Waals surface area (Å²) in [6.45, 7) is 6.91. The van der Waals surface area contributed by atoms with E-state index in [1.165, 1.54) is 17.0 Å². The molecule has 1 aromatic heterocycles. The second-order valence-corrected chi connectivity index (χ2v) is 6.83. The van der Waals surface area contributed by atoms with E-state index >= 15 is 0 Å². The smallest absolute Gasteiger partial charge is 0.186 e. The predicted octanol–water partition coefficient (Wildman–Crippen LogP) is 2.09. The second kappa shape index (κ2) is 4.47. The van der Waals surface area contributed by atoms with Gasteiger partial charge in [-0.1, -0.05) is 11.3 Å². The zero-order chi connectivity index (χ0) is 12.8. The van der Waals surface area contributed by atoms with Crippen LogP contribution in [-0.4, -0.2) is 30.3 Å². The van der Waals surface area contributed by atoms with Gasteiger partial charge in [0.25, 0.3) is 0 Å². The summed E-state index contributed by atoms with van der Waals surface area (Å²) in [6, 6.07) is 0.198. The number of morpholine rings is 1. The summed E-state index contributed by atoms with van der Waals surface area (Å²) in [5, 5.41) is 1.13. The normalized spacial score (nSPS) is 27.1. The summed E-state index contributed by atoms with van der Waals surface area (Å²) in [7, 11) is 0. The summed E-state index contributed by atoms with van der Waals surface area (Å²) in [6.07, 6.45) is 3.36. The monoisotopic (exact) mass is 267 g/mol. The Morgan fingerprint density at radius 2 is 2.33 bits per heavy atom. The molecule has 3 rings (SSSR count). The molecule has 1 aliphatic carbocycles. The van der Waals surface area contributed by atoms with Gasteiger partial charge in [0.15, 0.2) is 5.13 Å². The number of thiazole rings is 1. The van der Waals surface area contributed by atoms with Crippen molar-refractivity contribution in [2.45, 2.75) is 44.7 Å². The van der Waals surface area contributed by atoms with Crippen molar-refractivity contribution in [2.75, 3.05) is 24.7 Å². The van der Waals surface area contributed by atoms with Crippen LogP contribution in [0.1, 0.15) is 43.3 Å².